The number of halogens is 2. The summed E-state index contributed by atoms with van der Waals surface area (Å²) in [5.41, 5.74) is 0.969. The first-order chi connectivity index (χ1) is 8.56. The number of anilines is 1. The largest absolute Gasteiger partial charge is 0.379 e. The van der Waals surface area contributed by atoms with Crippen LogP contribution in [0.5, 0.6) is 0 Å². The number of nitrogens with one attached hydrogen (secondary N) is 1. The first kappa shape index (κ1) is 13.6. The molecule has 0 bridgehead atoms. The molecule has 0 radical (unpaired) electrons. The highest BCUT2D eigenvalue weighted by atomic mass is 127. The highest BCUT2D eigenvalue weighted by Gasteiger charge is 2.09. The molecule has 4 nitrogen and oxygen atoms in total. The number of rotatable bonds is 4. The van der Waals surface area contributed by atoms with Crippen molar-refractivity contribution in [1.29, 1.82) is 0 Å². The minimum atomic E-state index is -0.375. The van der Waals surface area contributed by atoms with Crippen LogP contribution in [-0.4, -0.2) is 4.92 Å². The summed E-state index contributed by atoms with van der Waals surface area (Å²) >= 11 is 9.24. The van der Waals surface area contributed by atoms with Crippen LogP contribution in [0.3, 0.4) is 0 Å². The van der Waals surface area contributed by atoms with E-state index >= 15 is 0 Å². The minimum Gasteiger partial charge on any atom is -0.379 e. The lowest BCUT2D eigenvalue weighted by Gasteiger charge is -2.07. The molecular weight excluding hydrogens is 387 g/mol. The van der Waals surface area contributed by atoms with Crippen molar-refractivity contribution < 1.29 is 4.92 Å². The summed E-state index contributed by atoms with van der Waals surface area (Å²) in [4.78, 5) is 11.1. The van der Waals surface area contributed by atoms with Gasteiger partial charge in [0.05, 0.1) is 4.92 Å². The lowest BCUT2D eigenvalue weighted by atomic mass is 10.3. The van der Waals surface area contributed by atoms with Crippen LogP contribution in [0, 0.1) is 13.7 Å². The quantitative estimate of drug-likeness (QED) is 0.471. The molecule has 0 spiro atoms. The Bertz CT molecular complexity index is 588. The van der Waals surface area contributed by atoms with Crippen LogP contribution in [0.2, 0.25) is 5.02 Å². The molecule has 0 saturated carbocycles. The summed E-state index contributed by atoms with van der Waals surface area (Å²) in [6.07, 6.45) is 0. The number of nitro groups is 1. The van der Waals surface area contributed by atoms with E-state index in [-0.39, 0.29) is 9.92 Å². The van der Waals surface area contributed by atoms with Crippen LogP contribution in [0.4, 0.5) is 10.7 Å². The summed E-state index contributed by atoms with van der Waals surface area (Å²) in [7, 11) is 0. The average molecular weight is 395 g/mol. The van der Waals surface area contributed by atoms with E-state index in [1.54, 1.807) is 6.07 Å². The van der Waals surface area contributed by atoms with E-state index in [1.807, 2.05) is 18.2 Å². The number of benzene rings is 1. The van der Waals surface area contributed by atoms with Gasteiger partial charge < -0.3 is 5.32 Å². The van der Waals surface area contributed by atoms with E-state index in [4.69, 9.17) is 11.6 Å². The lowest BCUT2D eigenvalue weighted by Crippen LogP contribution is -1.98. The van der Waals surface area contributed by atoms with Crippen molar-refractivity contribution >= 4 is 56.2 Å². The SMILES string of the molecule is O=[N+]([O-])c1ccc(CNc2ccc(Cl)cc2I)s1. The van der Waals surface area contributed by atoms with Gasteiger partial charge in [-0.15, -0.1) is 0 Å². The van der Waals surface area contributed by atoms with Crippen molar-refractivity contribution in [1.82, 2.24) is 0 Å². The second-order valence-electron chi connectivity index (χ2n) is 3.47. The summed E-state index contributed by atoms with van der Waals surface area (Å²) in [5.74, 6) is 0. The molecule has 0 saturated heterocycles. The van der Waals surface area contributed by atoms with Crippen LogP contribution in [0.25, 0.3) is 0 Å². The number of thiophene rings is 1. The van der Waals surface area contributed by atoms with Crippen molar-refractivity contribution in [2.45, 2.75) is 6.54 Å². The zero-order valence-electron chi connectivity index (χ0n) is 9.02. The molecule has 0 atom stereocenters. The van der Waals surface area contributed by atoms with Crippen molar-refractivity contribution in [3.63, 3.8) is 0 Å². The smallest absolute Gasteiger partial charge is 0.324 e. The minimum absolute atomic E-state index is 0.164. The molecule has 2 aromatic rings. The Morgan fingerprint density at radius 2 is 2.17 bits per heavy atom. The molecule has 0 unspecified atom stereocenters. The predicted molar refractivity (Wildman–Crippen MR) is 82.5 cm³/mol. The van der Waals surface area contributed by atoms with Gasteiger partial charge in [0.1, 0.15) is 0 Å². The van der Waals surface area contributed by atoms with Crippen molar-refractivity contribution in [3.05, 3.63) is 53.9 Å². The molecule has 0 fully saturated rings. The maximum Gasteiger partial charge on any atom is 0.324 e. The maximum atomic E-state index is 10.6. The number of nitrogens with zero attached hydrogens (tertiary/aromatic N) is 1. The fraction of sp³-hybridized carbons (Fsp3) is 0.0909. The van der Waals surface area contributed by atoms with Gasteiger partial charge in [-0.25, -0.2) is 0 Å². The van der Waals surface area contributed by atoms with Gasteiger partial charge in [0.2, 0.25) is 0 Å². The topological polar surface area (TPSA) is 55.2 Å². The molecule has 1 heterocycles. The van der Waals surface area contributed by atoms with Crippen molar-refractivity contribution in [3.8, 4) is 0 Å². The second kappa shape index (κ2) is 5.85. The predicted octanol–water partition coefficient (Wildman–Crippen LogP) is 4.53. The van der Waals surface area contributed by atoms with Gasteiger partial charge in [0.15, 0.2) is 0 Å². The Kier molecular flexibility index (Phi) is 4.41. The normalized spacial score (nSPS) is 10.3. The molecule has 0 amide bonds. The third-order valence-corrected chi connectivity index (χ3v) is 4.38. The zero-order valence-corrected chi connectivity index (χ0v) is 12.8. The fourth-order valence-corrected chi connectivity index (χ4v) is 3.20. The second-order valence-corrected chi connectivity index (χ2v) is 6.22. The molecule has 7 heteroatoms. The van der Waals surface area contributed by atoms with Gasteiger partial charge in [0.25, 0.3) is 0 Å². The molecule has 1 aromatic carbocycles. The van der Waals surface area contributed by atoms with E-state index in [2.05, 4.69) is 27.9 Å². The molecule has 0 aliphatic rings. The van der Waals surface area contributed by atoms with Gasteiger partial charge in [0, 0.05) is 31.8 Å². The molecule has 94 valence electrons. The Morgan fingerprint density at radius 1 is 1.39 bits per heavy atom. The first-order valence-electron chi connectivity index (χ1n) is 4.98. The third kappa shape index (κ3) is 3.33. The van der Waals surface area contributed by atoms with Gasteiger partial charge in [-0.05, 0) is 46.9 Å². The highest BCUT2D eigenvalue weighted by Crippen LogP contribution is 2.26. The van der Waals surface area contributed by atoms with Gasteiger partial charge in [-0.3, -0.25) is 10.1 Å². The van der Waals surface area contributed by atoms with E-state index in [9.17, 15) is 10.1 Å². The van der Waals surface area contributed by atoms with Crippen molar-refractivity contribution in [2.75, 3.05) is 5.32 Å². The summed E-state index contributed by atoms with van der Waals surface area (Å²) in [6.45, 7) is 0.566. The average Bonchev–Trinajstić information content (AvgIpc) is 2.76. The monoisotopic (exact) mass is 394 g/mol. The van der Waals surface area contributed by atoms with E-state index in [0.717, 1.165) is 14.1 Å². The summed E-state index contributed by atoms with van der Waals surface area (Å²) < 4.78 is 1.02. The third-order valence-electron chi connectivity index (χ3n) is 2.21. The van der Waals surface area contributed by atoms with E-state index in [0.29, 0.717) is 11.6 Å². The highest BCUT2D eigenvalue weighted by molar-refractivity contribution is 14.1. The molecular formula is C11H8ClIN2O2S. The first-order valence-corrected chi connectivity index (χ1v) is 7.25. The van der Waals surface area contributed by atoms with Crippen molar-refractivity contribution in [2.24, 2.45) is 0 Å². The molecule has 0 aliphatic heterocycles. The molecule has 1 N–H and O–H groups in total. The van der Waals surface area contributed by atoms with E-state index < -0.39 is 0 Å². The van der Waals surface area contributed by atoms with Crippen LogP contribution >= 0.6 is 45.5 Å². The standard InChI is InChI=1S/C11H8ClIN2O2S/c12-7-1-3-10(9(13)5-7)14-6-8-2-4-11(18-8)15(16)17/h1-5,14H,6H2. The Balaban J connectivity index is 2.04. The van der Waals surface area contributed by atoms with Crippen LogP contribution in [-0.2, 0) is 6.54 Å². The Morgan fingerprint density at radius 3 is 2.78 bits per heavy atom. The fourth-order valence-electron chi connectivity index (χ4n) is 1.37. The van der Waals surface area contributed by atoms with Crippen LogP contribution in [0.15, 0.2) is 30.3 Å². The molecule has 18 heavy (non-hydrogen) atoms. The number of hydrogen-bond acceptors (Lipinski definition) is 4. The Labute approximate surface area is 126 Å². The van der Waals surface area contributed by atoms with Crippen LogP contribution < -0.4 is 5.32 Å². The molecule has 2 rings (SSSR count). The zero-order chi connectivity index (χ0) is 13.1. The molecule has 0 aliphatic carbocycles. The number of hydrogen-bond donors (Lipinski definition) is 1. The van der Waals surface area contributed by atoms with Crippen LogP contribution in [0.1, 0.15) is 4.88 Å². The Hall–Kier alpha value is -0.860. The molecule has 1 aromatic heterocycles. The van der Waals surface area contributed by atoms with Gasteiger partial charge >= 0.3 is 5.00 Å². The van der Waals surface area contributed by atoms with Gasteiger partial charge in [-0.2, -0.15) is 0 Å². The lowest BCUT2D eigenvalue weighted by molar-refractivity contribution is -0.380. The summed E-state index contributed by atoms with van der Waals surface area (Å²) in [6, 6.07) is 8.85. The maximum absolute atomic E-state index is 10.6. The van der Waals surface area contributed by atoms with Gasteiger partial charge in [-0.1, -0.05) is 22.9 Å². The van der Waals surface area contributed by atoms with E-state index in [1.165, 1.54) is 17.4 Å². The summed E-state index contributed by atoms with van der Waals surface area (Å²) in [5, 5.41) is 14.6.